The van der Waals surface area contributed by atoms with Gasteiger partial charge in [0.1, 0.15) is 18.1 Å². The van der Waals surface area contributed by atoms with E-state index in [1.165, 1.54) is 37.7 Å². The first kappa shape index (κ1) is 11.8. The van der Waals surface area contributed by atoms with Gasteiger partial charge in [-0.1, -0.05) is 19.3 Å². The molecule has 1 unspecified atom stereocenters. The molecule has 3 rings (SSSR count). The fourth-order valence-electron chi connectivity index (χ4n) is 3.07. The van der Waals surface area contributed by atoms with Crippen molar-refractivity contribution >= 4 is 0 Å². The Hall–Kier alpha value is -1.22. The maximum atomic E-state index is 9.42. The number of phenols is 1. The smallest absolute Gasteiger partial charge is 0.127 e. The molecule has 0 saturated heterocycles. The summed E-state index contributed by atoms with van der Waals surface area (Å²) in [7, 11) is 0. The number of phenolic OH excluding ortho intramolecular Hbond substituents is 1. The molecule has 0 aromatic heterocycles. The highest BCUT2D eigenvalue weighted by Gasteiger charge is 2.25. The first-order valence-electron chi connectivity index (χ1n) is 7.02. The molecule has 0 radical (unpaired) electrons. The molecule has 0 amide bonds. The number of hydrogen-bond acceptors (Lipinski definition) is 3. The van der Waals surface area contributed by atoms with Crippen molar-refractivity contribution in [3.8, 4) is 11.5 Å². The van der Waals surface area contributed by atoms with Gasteiger partial charge >= 0.3 is 0 Å². The Balaban J connectivity index is 1.59. The number of ether oxygens (including phenoxy) is 1. The van der Waals surface area contributed by atoms with Gasteiger partial charge < -0.3 is 15.2 Å². The summed E-state index contributed by atoms with van der Waals surface area (Å²) in [5.74, 6) is 1.94. The second kappa shape index (κ2) is 5.19. The lowest BCUT2D eigenvalue weighted by molar-refractivity contribution is 0.284. The van der Waals surface area contributed by atoms with E-state index in [2.05, 4.69) is 5.32 Å². The van der Waals surface area contributed by atoms with E-state index in [9.17, 15) is 5.11 Å². The van der Waals surface area contributed by atoms with Crippen molar-refractivity contribution in [1.82, 2.24) is 5.32 Å². The van der Waals surface area contributed by atoms with E-state index in [1.54, 1.807) is 12.1 Å². The van der Waals surface area contributed by atoms with E-state index >= 15 is 0 Å². The van der Waals surface area contributed by atoms with Crippen LogP contribution in [0.3, 0.4) is 0 Å². The van der Waals surface area contributed by atoms with Crippen molar-refractivity contribution in [2.45, 2.75) is 38.1 Å². The molecule has 1 aromatic carbocycles. The van der Waals surface area contributed by atoms with Crippen LogP contribution in [0.2, 0.25) is 0 Å². The predicted octanol–water partition coefficient (Wildman–Crippen LogP) is 3.00. The zero-order valence-electron chi connectivity index (χ0n) is 10.7. The van der Waals surface area contributed by atoms with E-state index in [0.717, 1.165) is 18.2 Å². The average molecular weight is 247 g/mol. The molecule has 2 N–H and O–H groups in total. The minimum absolute atomic E-state index is 0.279. The molecule has 1 heterocycles. The van der Waals surface area contributed by atoms with Crippen LogP contribution in [0.1, 0.15) is 43.7 Å². The molecular weight excluding hydrogens is 226 g/mol. The Morgan fingerprint density at radius 2 is 2.06 bits per heavy atom. The van der Waals surface area contributed by atoms with Crippen LogP contribution in [0, 0.1) is 5.92 Å². The van der Waals surface area contributed by atoms with Gasteiger partial charge in [-0.25, -0.2) is 0 Å². The van der Waals surface area contributed by atoms with Crippen LogP contribution in [-0.2, 0) is 0 Å². The molecule has 0 bridgehead atoms. The highest BCUT2D eigenvalue weighted by atomic mass is 16.5. The molecule has 3 nitrogen and oxygen atoms in total. The van der Waals surface area contributed by atoms with Crippen molar-refractivity contribution in [3.63, 3.8) is 0 Å². The lowest BCUT2D eigenvalue weighted by Crippen LogP contribution is -2.29. The molecule has 1 aromatic rings. The Bertz CT molecular complexity index is 413. The fourth-order valence-corrected chi connectivity index (χ4v) is 3.07. The van der Waals surface area contributed by atoms with E-state index in [0.29, 0.717) is 12.6 Å². The van der Waals surface area contributed by atoms with Gasteiger partial charge in [0.2, 0.25) is 0 Å². The van der Waals surface area contributed by atoms with Crippen LogP contribution in [0.15, 0.2) is 18.2 Å². The van der Waals surface area contributed by atoms with Gasteiger partial charge in [-0.2, -0.15) is 0 Å². The molecule has 98 valence electrons. The predicted molar refractivity (Wildman–Crippen MR) is 70.9 cm³/mol. The SMILES string of the molecule is Oc1ccc2c(c1)OCC2NCC1CCCCC1. The minimum atomic E-state index is 0.279. The van der Waals surface area contributed by atoms with Crippen LogP contribution in [0.5, 0.6) is 11.5 Å². The standard InChI is InChI=1S/C15H21NO2/c17-12-6-7-13-14(10-18-15(13)8-12)16-9-11-4-2-1-3-5-11/h6-8,11,14,16-17H,1-5,9-10H2. The van der Waals surface area contributed by atoms with Crippen molar-refractivity contribution in [2.75, 3.05) is 13.2 Å². The molecule has 2 aliphatic rings. The first-order chi connectivity index (χ1) is 8.83. The van der Waals surface area contributed by atoms with Gasteiger partial charge in [-0.05, 0) is 37.4 Å². The summed E-state index contributed by atoms with van der Waals surface area (Å²) in [6.07, 6.45) is 6.91. The summed E-state index contributed by atoms with van der Waals surface area (Å²) in [6, 6.07) is 5.71. The van der Waals surface area contributed by atoms with E-state index < -0.39 is 0 Å². The van der Waals surface area contributed by atoms with Gasteiger partial charge in [0, 0.05) is 11.6 Å². The third-order valence-electron chi connectivity index (χ3n) is 4.16. The van der Waals surface area contributed by atoms with Crippen molar-refractivity contribution in [3.05, 3.63) is 23.8 Å². The Labute approximate surface area is 108 Å². The molecule has 18 heavy (non-hydrogen) atoms. The van der Waals surface area contributed by atoms with Crippen molar-refractivity contribution in [1.29, 1.82) is 0 Å². The van der Waals surface area contributed by atoms with Gasteiger partial charge in [0.25, 0.3) is 0 Å². The fraction of sp³-hybridized carbons (Fsp3) is 0.600. The summed E-state index contributed by atoms with van der Waals surface area (Å²) < 4.78 is 5.61. The number of rotatable bonds is 3. The van der Waals surface area contributed by atoms with E-state index in [4.69, 9.17) is 4.74 Å². The zero-order valence-corrected chi connectivity index (χ0v) is 10.7. The number of nitrogens with one attached hydrogen (secondary N) is 1. The van der Waals surface area contributed by atoms with Gasteiger partial charge in [-0.15, -0.1) is 0 Å². The highest BCUT2D eigenvalue weighted by molar-refractivity contribution is 5.44. The Kier molecular flexibility index (Phi) is 3.41. The first-order valence-corrected chi connectivity index (χ1v) is 7.02. The zero-order chi connectivity index (χ0) is 12.4. The Morgan fingerprint density at radius 1 is 1.22 bits per heavy atom. The molecule has 1 fully saturated rings. The third kappa shape index (κ3) is 2.46. The molecular formula is C15H21NO2. The second-order valence-electron chi connectivity index (χ2n) is 5.50. The third-order valence-corrected chi connectivity index (χ3v) is 4.16. The highest BCUT2D eigenvalue weighted by Crippen LogP contribution is 2.35. The van der Waals surface area contributed by atoms with E-state index in [1.807, 2.05) is 6.07 Å². The summed E-state index contributed by atoms with van der Waals surface area (Å²) in [5.41, 5.74) is 1.18. The van der Waals surface area contributed by atoms with Crippen molar-refractivity contribution < 1.29 is 9.84 Å². The topological polar surface area (TPSA) is 41.5 Å². The maximum absolute atomic E-state index is 9.42. The lowest BCUT2D eigenvalue weighted by atomic mass is 9.89. The number of fused-ring (bicyclic) bond motifs is 1. The molecule has 0 spiro atoms. The molecule has 1 aliphatic heterocycles. The molecule has 1 aliphatic carbocycles. The van der Waals surface area contributed by atoms with Gasteiger partial charge in [-0.3, -0.25) is 0 Å². The normalized spacial score (nSPS) is 23.7. The average Bonchev–Trinajstić information content (AvgIpc) is 2.80. The number of benzene rings is 1. The van der Waals surface area contributed by atoms with Gasteiger partial charge in [0.05, 0.1) is 6.04 Å². The summed E-state index contributed by atoms with van der Waals surface area (Å²) in [4.78, 5) is 0. The summed E-state index contributed by atoms with van der Waals surface area (Å²) in [5, 5.41) is 13.0. The largest absolute Gasteiger partial charge is 0.508 e. The van der Waals surface area contributed by atoms with E-state index in [-0.39, 0.29) is 5.75 Å². The lowest BCUT2D eigenvalue weighted by Gasteiger charge is -2.23. The van der Waals surface area contributed by atoms with Crippen LogP contribution >= 0.6 is 0 Å². The van der Waals surface area contributed by atoms with Crippen molar-refractivity contribution in [2.24, 2.45) is 5.92 Å². The maximum Gasteiger partial charge on any atom is 0.127 e. The Morgan fingerprint density at radius 3 is 2.89 bits per heavy atom. The van der Waals surface area contributed by atoms with Gasteiger partial charge in [0.15, 0.2) is 0 Å². The monoisotopic (exact) mass is 247 g/mol. The summed E-state index contributed by atoms with van der Waals surface area (Å²) in [6.45, 7) is 1.78. The summed E-state index contributed by atoms with van der Waals surface area (Å²) >= 11 is 0. The quantitative estimate of drug-likeness (QED) is 0.862. The molecule has 3 heteroatoms. The minimum Gasteiger partial charge on any atom is -0.508 e. The second-order valence-corrected chi connectivity index (χ2v) is 5.50. The number of hydrogen-bond donors (Lipinski definition) is 2. The van der Waals surface area contributed by atoms with Crippen LogP contribution in [0.25, 0.3) is 0 Å². The number of aromatic hydroxyl groups is 1. The van der Waals surface area contributed by atoms with Crippen LogP contribution in [0.4, 0.5) is 0 Å². The van der Waals surface area contributed by atoms with Crippen LogP contribution < -0.4 is 10.1 Å². The van der Waals surface area contributed by atoms with Crippen LogP contribution in [-0.4, -0.2) is 18.3 Å². The molecule has 1 atom stereocenters. The molecule has 1 saturated carbocycles.